The molecule has 10 nitrogen and oxygen atoms in total. The van der Waals surface area contributed by atoms with Crippen molar-refractivity contribution < 1.29 is 19.0 Å². The zero-order valence-electron chi connectivity index (χ0n) is 17.8. The van der Waals surface area contributed by atoms with Crippen LogP contribution in [0.5, 0.6) is 5.75 Å². The quantitative estimate of drug-likeness (QED) is 0.634. The minimum absolute atomic E-state index is 0.171. The van der Waals surface area contributed by atoms with Crippen LogP contribution in [-0.4, -0.2) is 87.5 Å². The van der Waals surface area contributed by atoms with Crippen LogP contribution in [-0.2, 0) is 9.47 Å². The number of piperazine rings is 1. The lowest BCUT2D eigenvalue weighted by atomic mass is 10.1. The second kappa shape index (κ2) is 9.80. The van der Waals surface area contributed by atoms with Crippen LogP contribution in [0.1, 0.15) is 0 Å². The molecule has 0 saturated carbocycles. The fraction of sp³-hybridized carbons (Fsp3) is 0.476. The van der Waals surface area contributed by atoms with Crippen molar-refractivity contribution >= 4 is 17.6 Å². The molecule has 1 unspecified atom stereocenters. The topological polar surface area (TPSA) is 101 Å². The average molecular weight is 428 g/mol. The van der Waals surface area contributed by atoms with Crippen molar-refractivity contribution in [2.75, 3.05) is 70.5 Å². The highest BCUT2D eigenvalue weighted by molar-refractivity contribution is 5.76. The maximum Gasteiger partial charge on any atom is 0.406 e. The summed E-state index contributed by atoms with van der Waals surface area (Å²) in [4.78, 5) is 16.0. The molecule has 0 aliphatic carbocycles. The predicted molar refractivity (Wildman–Crippen MR) is 116 cm³/mol. The Morgan fingerprint density at radius 2 is 2.16 bits per heavy atom. The molecule has 3 heterocycles. The monoisotopic (exact) mass is 428 g/mol. The maximum atomic E-state index is 11.3. The summed E-state index contributed by atoms with van der Waals surface area (Å²) in [6, 6.07) is 10.1. The van der Waals surface area contributed by atoms with Crippen molar-refractivity contribution in [3.8, 4) is 17.0 Å². The van der Waals surface area contributed by atoms with E-state index >= 15 is 0 Å². The van der Waals surface area contributed by atoms with Crippen molar-refractivity contribution in [1.29, 1.82) is 0 Å². The molecular formula is C21H28N6O4. The third kappa shape index (κ3) is 4.80. The van der Waals surface area contributed by atoms with Gasteiger partial charge in [-0.25, -0.2) is 4.79 Å². The number of hydrogen-bond donors (Lipinski definition) is 2. The molecule has 4 rings (SSSR count). The van der Waals surface area contributed by atoms with E-state index < -0.39 is 6.09 Å². The second-order valence-electron chi connectivity index (χ2n) is 7.43. The Balaban J connectivity index is 1.48. The van der Waals surface area contributed by atoms with Gasteiger partial charge >= 0.3 is 6.09 Å². The first-order chi connectivity index (χ1) is 15.2. The van der Waals surface area contributed by atoms with Crippen molar-refractivity contribution in [3.05, 3.63) is 30.3 Å². The molecule has 2 N–H and O–H groups in total. The van der Waals surface area contributed by atoms with Crippen molar-refractivity contribution in [1.82, 2.24) is 20.4 Å². The first-order valence-electron chi connectivity index (χ1n) is 10.4. The van der Waals surface area contributed by atoms with Crippen LogP contribution >= 0.6 is 0 Å². The van der Waals surface area contributed by atoms with Gasteiger partial charge in [-0.1, -0.05) is 12.1 Å². The smallest absolute Gasteiger partial charge is 0.406 e. The number of alkyl carbamates (subject to hydrolysis) is 1. The zero-order valence-corrected chi connectivity index (χ0v) is 17.8. The van der Waals surface area contributed by atoms with E-state index in [9.17, 15) is 4.79 Å². The van der Waals surface area contributed by atoms with Gasteiger partial charge in [-0.3, -0.25) is 4.90 Å². The fourth-order valence-electron chi connectivity index (χ4n) is 3.95. The van der Waals surface area contributed by atoms with Crippen LogP contribution in [0.4, 0.5) is 16.3 Å². The second-order valence-corrected chi connectivity index (χ2v) is 7.43. The van der Waals surface area contributed by atoms with Crippen molar-refractivity contribution in [2.24, 2.45) is 0 Å². The molecule has 0 radical (unpaired) electrons. The Labute approximate surface area is 181 Å². The molecule has 10 heteroatoms. The molecular weight excluding hydrogens is 400 g/mol. The van der Waals surface area contributed by atoms with Crippen LogP contribution in [0.2, 0.25) is 0 Å². The molecule has 2 aromatic rings. The van der Waals surface area contributed by atoms with E-state index in [1.165, 1.54) is 0 Å². The summed E-state index contributed by atoms with van der Waals surface area (Å²) in [7, 11) is 3.16. The van der Waals surface area contributed by atoms with Crippen LogP contribution < -0.4 is 20.3 Å². The van der Waals surface area contributed by atoms with Gasteiger partial charge in [0.2, 0.25) is 0 Å². The predicted octanol–water partition coefficient (Wildman–Crippen LogP) is 1.40. The average Bonchev–Trinajstić information content (AvgIpc) is 2.82. The normalized spacial score (nSPS) is 17.9. The highest BCUT2D eigenvalue weighted by Gasteiger charge is 2.33. The van der Waals surface area contributed by atoms with Gasteiger partial charge in [0.25, 0.3) is 0 Å². The lowest BCUT2D eigenvalue weighted by Gasteiger charge is -2.45. The van der Waals surface area contributed by atoms with Crippen LogP contribution in [0.15, 0.2) is 30.3 Å². The van der Waals surface area contributed by atoms with Gasteiger partial charge in [0.15, 0.2) is 12.6 Å². The summed E-state index contributed by atoms with van der Waals surface area (Å²) in [5.74, 6) is 1.51. The van der Waals surface area contributed by atoms with Crippen molar-refractivity contribution in [2.45, 2.75) is 6.04 Å². The highest BCUT2D eigenvalue weighted by Crippen LogP contribution is 2.36. The lowest BCUT2D eigenvalue weighted by Crippen LogP contribution is -2.58. The minimum Gasteiger partial charge on any atom is -0.467 e. The lowest BCUT2D eigenvalue weighted by molar-refractivity contribution is 0.0515. The number of hydrogen-bond acceptors (Lipinski definition) is 9. The highest BCUT2D eigenvalue weighted by atomic mass is 16.7. The van der Waals surface area contributed by atoms with Gasteiger partial charge in [0.05, 0.1) is 17.4 Å². The van der Waals surface area contributed by atoms with E-state index in [1.54, 1.807) is 14.2 Å². The first kappa shape index (κ1) is 21.1. The molecule has 0 spiro atoms. The van der Waals surface area contributed by atoms with Crippen LogP contribution in [0.25, 0.3) is 11.3 Å². The largest absolute Gasteiger partial charge is 0.467 e. The number of carbonyl (C=O) groups excluding carboxylic acids is 1. The van der Waals surface area contributed by atoms with Gasteiger partial charge in [0.1, 0.15) is 12.4 Å². The van der Waals surface area contributed by atoms with Gasteiger partial charge < -0.3 is 29.7 Å². The third-order valence-electron chi connectivity index (χ3n) is 5.50. The fourth-order valence-corrected chi connectivity index (χ4v) is 3.95. The van der Waals surface area contributed by atoms with Crippen molar-refractivity contribution in [3.63, 3.8) is 0 Å². The number of aromatic nitrogens is 2. The van der Waals surface area contributed by atoms with Crippen LogP contribution in [0, 0.1) is 0 Å². The molecule has 1 amide bonds. The number of amides is 1. The number of benzene rings is 1. The van der Waals surface area contributed by atoms with E-state index in [2.05, 4.69) is 36.7 Å². The molecule has 1 atom stereocenters. The Bertz CT molecular complexity index is 911. The zero-order chi connectivity index (χ0) is 21.6. The summed E-state index contributed by atoms with van der Waals surface area (Å²) in [6.45, 7) is 4.70. The summed E-state index contributed by atoms with van der Waals surface area (Å²) in [6.07, 6.45) is -0.396. The number of rotatable bonds is 7. The number of anilines is 2. The molecule has 0 bridgehead atoms. The summed E-state index contributed by atoms with van der Waals surface area (Å²) < 4.78 is 15.9. The number of para-hydroxylation sites is 1. The van der Waals surface area contributed by atoms with E-state index in [4.69, 9.17) is 14.2 Å². The first-order valence-corrected chi connectivity index (χ1v) is 10.4. The van der Waals surface area contributed by atoms with Gasteiger partial charge in [-0.2, -0.15) is 0 Å². The standard InChI is InChI=1S/C21H28N6O4/c1-22-21(28)30-10-9-26-7-8-27-15(13-26)12-23-20-18(27)11-17(24-25-20)16-5-3-4-6-19(16)31-14-29-2/h3-6,11,15H,7-10,12-14H2,1-2H3,(H,22,28)(H,23,25). The van der Waals surface area contributed by atoms with Gasteiger partial charge in [-0.15, -0.1) is 10.2 Å². The SMILES string of the molecule is CNC(=O)OCCN1CCN2c3cc(-c4ccccc4OCOC)nnc3NCC2C1. The van der Waals surface area contributed by atoms with E-state index in [1.807, 2.05) is 24.3 Å². The number of methoxy groups -OCH3 is 1. The van der Waals surface area contributed by atoms with Crippen LogP contribution in [0.3, 0.4) is 0 Å². The minimum atomic E-state index is -0.396. The Morgan fingerprint density at radius 3 is 3.00 bits per heavy atom. The molecule has 31 heavy (non-hydrogen) atoms. The molecule has 166 valence electrons. The Hall–Kier alpha value is -3.11. The summed E-state index contributed by atoms with van der Waals surface area (Å²) >= 11 is 0. The summed E-state index contributed by atoms with van der Waals surface area (Å²) in [5.41, 5.74) is 2.68. The number of nitrogens with zero attached hydrogens (tertiary/aromatic N) is 4. The molecule has 1 aromatic heterocycles. The van der Waals surface area contributed by atoms with Gasteiger partial charge in [-0.05, 0) is 18.2 Å². The Kier molecular flexibility index (Phi) is 6.68. The molecule has 2 aliphatic heterocycles. The summed E-state index contributed by atoms with van der Waals surface area (Å²) in [5, 5.41) is 14.7. The maximum absolute atomic E-state index is 11.3. The molecule has 1 saturated heterocycles. The number of fused-ring (bicyclic) bond motifs is 3. The number of carbonyl (C=O) groups is 1. The van der Waals surface area contributed by atoms with Gasteiger partial charge in [0, 0.05) is 52.4 Å². The van der Waals surface area contributed by atoms with E-state index in [0.29, 0.717) is 24.9 Å². The Morgan fingerprint density at radius 1 is 1.29 bits per heavy atom. The number of nitrogens with one attached hydrogen (secondary N) is 2. The molecule has 1 aromatic carbocycles. The molecule has 2 aliphatic rings. The number of ether oxygens (including phenoxy) is 3. The van der Waals surface area contributed by atoms with E-state index in [-0.39, 0.29) is 6.79 Å². The molecule has 1 fully saturated rings. The third-order valence-corrected chi connectivity index (χ3v) is 5.50. The van der Waals surface area contributed by atoms with E-state index in [0.717, 1.165) is 48.9 Å².